The minimum Gasteiger partial charge on any atom is -0.361 e. The fourth-order valence-corrected chi connectivity index (χ4v) is 3.76. The van der Waals surface area contributed by atoms with Crippen molar-refractivity contribution in [1.29, 1.82) is 0 Å². The monoisotopic (exact) mass is 274 g/mol. The van der Waals surface area contributed by atoms with Gasteiger partial charge in [0.2, 0.25) is 0 Å². The van der Waals surface area contributed by atoms with E-state index in [1.165, 1.54) is 25.8 Å². The largest absolute Gasteiger partial charge is 0.361 e. The van der Waals surface area contributed by atoms with Crippen LogP contribution in [0.2, 0.25) is 0 Å². The molecule has 1 saturated carbocycles. The average molecular weight is 274 g/mol. The summed E-state index contributed by atoms with van der Waals surface area (Å²) in [6.45, 7) is 2.38. The molecule has 0 spiro atoms. The van der Waals surface area contributed by atoms with Gasteiger partial charge in [-0.3, -0.25) is 9.69 Å². The van der Waals surface area contributed by atoms with Crippen molar-refractivity contribution >= 4 is 5.82 Å². The van der Waals surface area contributed by atoms with Crippen molar-refractivity contribution < 1.29 is 0 Å². The fourth-order valence-electron chi connectivity index (χ4n) is 3.76. The molecule has 0 bridgehead atoms. The van der Waals surface area contributed by atoms with Crippen molar-refractivity contribution in [2.45, 2.75) is 56.7 Å². The molecule has 4 rings (SSSR count). The Labute approximate surface area is 119 Å². The van der Waals surface area contributed by atoms with Crippen molar-refractivity contribution in [3.8, 4) is 0 Å². The number of hydrogen-bond acceptors (Lipinski definition) is 4. The standard InChI is InChI=1S/C15H22N4O/c20-15-14(16-7-10-19(15)11-4-5-11)17-12-6-9-18-8-2-1-3-13(12)18/h7,10-13H,1-6,8-9H2,(H,16,17). The zero-order valence-corrected chi connectivity index (χ0v) is 11.8. The van der Waals surface area contributed by atoms with Crippen LogP contribution in [0.1, 0.15) is 44.6 Å². The Bertz CT molecular complexity index is 551. The van der Waals surface area contributed by atoms with Gasteiger partial charge in [0.1, 0.15) is 0 Å². The van der Waals surface area contributed by atoms with E-state index in [1.807, 2.05) is 10.8 Å². The Morgan fingerprint density at radius 3 is 2.90 bits per heavy atom. The number of rotatable bonds is 3. The van der Waals surface area contributed by atoms with E-state index in [9.17, 15) is 4.79 Å². The van der Waals surface area contributed by atoms with Gasteiger partial charge in [0.15, 0.2) is 5.82 Å². The van der Waals surface area contributed by atoms with Crippen LogP contribution in [0.15, 0.2) is 17.2 Å². The molecule has 5 nitrogen and oxygen atoms in total. The molecule has 2 atom stereocenters. The Hall–Kier alpha value is -1.36. The van der Waals surface area contributed by atoms with E-state index < -0.39 is 0 Å². The van der Waals surface area contributed by atoms with Crippen LogP contribution >= 0.6 is 0 Å². The normalized spacial score (nSPS) is 30.2. The summed E-state index contributed by atoms with van der Waals surface area (Å²) in [5, 5.41) is 3.45. The second-order valence-electron chi connectivity index (χ2n) is 6.36. The van der Waals surface area contributed by atoms with Crippen molar-refractivity contribution in [3.63, 3.8) is 0 Å². The summed E-state index contributed by atoms with van der Waals surface area (Å²) in [4.78, 5) is 19.3. The van der Waals surface area contributed by atoms with Crippen LogP contribution in [0.4, 0.5) is 5.82 Å². The van der Waals surface area contributed by atoms with Gasteiger partial charge in [-0.25, -0.2) is 4.98 Å². The third-order valence-electron chi connectivity index (χ3n) is 4.99. The first kappa shape index (κ1) is 12.4. The summed E-state index contributed by atoms with van der Waals surface area (Å²) in [7, 11) is 0. The molecule has 2 aliphatic heterocycles. The van der Waals surface area contributed by atoms with Crippen molar-refractivity contribution in [3.05, 3.63) is 22.7 Å². The summed E-state index contributed by atoms with van der Waals surface area (Å²) in [6, 6.07) is 1.41. The van der Waals surface area contributed by atoms with Gasteiger partial charge in [-0.15, -0.1) is 0 Å². The molecule has 5 heteroatoms. The highest BCUT2D eigenvalue weighted by molar-refractivity contribution is 5.34. The van der Waals surface area contributed by atoms with E-state index in [4.69, 9.17) is 0 Å². The summed E-state index contributed by atoms with van der Waals surface area (Å²) < 4.78 is 1.85. The minimum absolute atomic E-state index is 0.0595. The van der Waals surface area contributed by atoms with E-state index in [-0.39, 0.29) is 5.56 Å². The highest BCUT2D eigenvalue weighted by atomic mass is 16.1. The third-order valence-corrected chi connectivity index (χ3v) is 4.99. The van der Waals surface area contributed by atoms with E-state index in [1.54, 1.807) is 6.20 Å². The molecule has 2 unspecified atom stereocenters. The first-order valence-corrected chi connectivity index (χ1v) is 7.90. The predicted molar refractivity (Wildman–Crippen MR) is 78.0 cm³/mol. The van der Waals surface area contributed by atoms with Crippen molar-refractivity contribution in [2.24, 2.45) is 0 Å². The molecular formula is C15H22N4O. The quantitative estimate of drug-likeness (QED) is 0.910. The summed E-state index contributed by atoms with van der Waals surface area (Å²) in [5.74, 6) is 0.553. The Morgan fingerprint density at radius 1 is 1.15 bits per heavy atom. The number of anilines is 1. The zero-order chi connectivity index (χ0) is 13.5. The second-order valence-corrected chi connectivity index (χ2v) is 6.36. The lowest BCUT2D eigenvalue weighted by Gasteiger charge is -2.32. The van der Waals surface area contributed by atoms with Gasteiger partial charge in [-0.1, -0.05) is 6.42 Å². The lowest BCUT2D eigenvalue weighted by Crippen LogP contribution is -2.42. The van der Waals surface area contributed by atoms with Crippen LogP contribution in [-0.4, -0.2) is 39.6 Å². The maximum atomic E-state index is 12.4. The number of nitrogens with zero attached hydrogens (tertiary/aromatic N) is 3. The topological polar surface area (TPSA) is 50.2 Å². The Morgan fingerprint density at radius 2 is 2.05 bits per heavy atom. The van der Waals surface area contributed by atoms with Gasteiger partial charge in [-0.2, -0.15) is 0 Å². The highest BCUT2D eigenvalue weighted by Gasteiger charge is 2.36. The van der Waals surface area contributed by atoms with Crippen LogP contribution < -0.4 is 10.9 Å². The van der Waals surface area contributed by atoms with E-state index in [0.717, 1.165) is 25.8 Å². The molecule has 108 valence electrons. The van der Waals surface area contributed by atoms with Crippen LogP contribution in [0.3, 0.4) is 0 Å². The number of piperidine rings is 1. The van der Waals surface area contributed by atoms with E-state index in [0.29, 0.717) is 23.9 Å². The lowest BCUT2D eigenvalue weighted by atomic mass is 9.99. The zero-order valence-electron chi connectivity index (χ0n) is 11.8. The van der Waals surface area contributed by atoms with Crippen LogP contribution in [0.25, 0.3) is 0 Å². The molecule has 3 fully saturated rings. The minimum atomic E-state index is 0.0595. The van der Waals surface area contributed by atoms with Gasteiger partial charge in [0.25, 0.3) is 5.56 Å². The molecule has 0 radical (unpaired) electrons. The predicted octanol–water partition coefficient (Wildman–Crippen LogP) is 1.62. The van der Waals surface area contributed by atoms with Crippen LogP contribution in [0, 0.1) is 0 Å². The molecule has 1 aliphatic carbocycles. The van der Waals surface area contributed by atoms with Gasteiger partial charge < -0.3 is 9.88 Å². The molecular weight excluding hydrogens is 252 g/mol. The lowest BCUT2D eigenvalue weighted by molar-refractivity contribution is 0.192. The third kappa shape index (κ3) is 2.14. The summed E-state index contributed by atoms with van der Waals surface area (Å²) >= 11 is 0. The highest BCUT2D eigenvalue weighted by Crippen LogP contribution is 2.33. The smallest absolute Gasteiger partial charge is 0.293 e. The van der Waals surface area contributed by atoms with Crippen molar-refractivity contribution in [2.75, 3.05) is 18.4 Å². The Balaban J connectivity index is 1.54. The average Bonchev–Trinajstić information content (AvgIpc) is 3.24. The molecule has 20 heavy (non-hydrogen) atoms. The molecule has 3 heterocycles. The molecule has 3 aliphatic rings. The first-order chi connectivity index (χ1) is 9.83. The maximum absolute atomic E-state index is 12.4. The summed E-state index contributed by atoms with van der Waals surface area (Å²) in [6.07, 6.45) is 10.9. The van der Waals surface area contributed by atoms with Crippen molar-refractivity contribution in [1.82, 2.24) is 14.5 Å². The van der Waals surface area contributed by atoms with E-state index in [2.05, 4.69) is 15.2 Å². The maximum Gasteiger partial charge on any atom is 0.293 e. The fraction of sp³-hybridized carbons (Fsp3) is 0.733. The van der Waals surface area contributed by atoms with Crippen LogP contribution in [-0.2, 0) is 0 Å². The number of aromatic nitrogens is 2. The molecule has 1 N–H and O–H groups in total. The molecule has 1 aromatic heterocycles. The number of nitrogens with one attached hydrogen (secondary N) is 1. The number of hydrogen-bond donors (Lipinski definition) is 1. The van der Waals surface area contributed by atoms with Crippen LogP contribution in [0.5, 0.6) is 0 Å². The number of fused-ring (bicyclic) bond motifs is 1. The van der Waals surface area contributed by atoms with Gasteiger partial charge in [0.05, 0.1) is 0 Å². The summed E-state index contributed by atoms with van der Waals surface area (Å²) in [5.41, 5.74) is 0.0595. The van der Waals surface area contributed by atoms with Gasteiger partial charge in [0, 0.05) is 37.1 Å². The molecule has 1 aromatic rings. The second kappa shape index (κ2) is 4.88. The molecule has 2 saturated heterocycles. The molecule has 0 aromatic carbocycles. The molecule has 0 amide bonds. The van der Waals surface area contributed by atoms with E-state index >= 15 is 0 Å². The first-order valence-electron chi connectivity index (χ1n) is 7.90. The SMILES string of the molecule is O=c1c(NC2CCN3CCCCC23)nccn1C1CC1. The van der Waals surface area contributed by atoms with Gasteiger partial charge >= 0.3 is 0 Å². The Kier molecular flexibility index (Phi) is 3.02. The van der Waals surface area contributed by atoms with Gasteiger partial charge in [-0.05, 0) is 38.6 Å².